The molecular formula is C21H30N2O5. The number of likely N-dealkylation sites (N-methyl/N-ethyl adjacent to an activating group) is 1. The molecular weight excluding hydrogens is 360 g/mol. The van der Waals surface area contributed by atoms with Crippen LogP contribution in [0.25, 0.3) is 0 Å². The summed E-state index contributed by atoms with van der Waals surface area (Å²) in [5.41, 5.74) is 1.81. The van der Waals surface area contributed by atoms with Gasteiger partial charge in [0.25, 0.3) is 0 Å². The molecule has 7 heteroatoms. The summed E-state index contributed by atoms with van der Waals surface area (Å²) in [6.07, 6.45) is 1.83. The molecule has 0 aromatic heterocycles. The number of hydrogen-bond donors (Lipinski definition) is 0. The molecule has 28 heavy (non-hydrogen) atoms. The summed E-state index contributed by atoms with van der Waals surface area (Å²) in [4.78, 5) is 40.1. The zero-order chi connectivity index (χ0) is 21.1. The molecule has 0 saturated heterocycles. The van der Waals surface area contributed by atoms with Gasteiger partial charge in [-0.2, -0.15) is 0 Å². The van der Waals surface area contributed by atoms with Crippen molar-refractivity contribution in [3.63, 3.8) is 0 Å². The van der Waals surface area contributed by atoms with Gasteiger partial charge < -0.3 is 19.3 Å². The molecule has 1 amide bonds. The smallest absolute Gasteiger partial charge is 0.340 e. The van der Waals surface area contributed by atoms with Crippen LogP contribution in [0, 0.1) is 0 Å². The van der Waals surface area contributed by atoms with Crippen molar-refractivity contribution in [1.82, 2.24) is 4.90 Å². The first-order valence-electron chi connectivity index (χ1n) is 9.44. The second kappa shape index (κ2) is 11.8. The summed E-state index contributed by atoms with van der Waals surface area (Å²) >= 11 is 0. The number of esters is 2. The number of carbonyl (C=O) groups is 3. The van der Waals surface area contributed by atoms with Crippen molar-refractivity contribution < 1.29 is 23.9 Å². The third kappa shape index (κ3) is 6.40. The molecule has 0 fully saturated rings. The fourth-order valence-corrected chi connectivity index (χ4v) is 2.76. The lowest BCUT2D eigenvalue weighted by Gasteiger charge is -2.28. The Bertz CT molecular complexity index is 654. The van der Waals surface area contributed by atoms with Crippen LogP contribution in [0.3, 0.4) is 0 Å². The third-order valence-corrected chi connectivity index (χ3v) is 4.12. The third-order valence-electron chi connectivity index (χ3n) is 4.12. The van der Waals surface area contributed by atoms with Crippen LogP contribution < -0.4 is 4.90 Å². The van der Waals surface area contributed by atoms with Gasteiger partial charge in [0.05, 0.1) is 13.2 Å². The van der Waals surface area contributed by atoms with Crippen LogP contribution in [0.4, 0.5) is 5.69 Å². The molecule has 1 rings (SSSR count). The van der Waals surface area contributed by atoms with Crippen molar-refractivity contribution >= 4 is 23.5 Å². The lowest BCUT2D eigenvalue weighted by atomic mass is 10.1. The fraction of sp³-hybridized carbons (Fsp3) is 0.476. The molecule has 0 bridgehead atoms. The van der Waals surface area contributed by atoms with Crippen LogP contribution in [-0.2, 0) is 30.4 Å². The summed E-state index contributed by atoms with van der Waals surface area (Å²) < 4.78 is 9.97. The molecule has 7 nitrogen and oxygen atoms in total. The van der Waals surface area contributed by atoms with Crippen molar-refractivity contribution in [2.75, 3.05) is 31.2 Å². The molecule has 0 N–H and O–H groups in total. The Morgan fingerprint density at radius 1 is 1.04 bits per heavy atom. The van der Waals surface area contributed by atoms with E-state index in [1.807, 2.05) is 30.3 Å². The van der Waals surface area contributed by atoms with Crippen molar-refractivity contribution in [1.29, 1.82) is 0 Å². The van der Waals surface area contributed by atoms with Gasteiger partial charge >= 0.3 is 11.9 Å². The summed E-state index contributed by atoms with van der Waals surface area (Å²) in [6, 6.07) is 6.17. The molecule has 1 aromatic rings. The van der Waals surface area contributed by atoms with E-state index in [-0.39, 0.29) is 19.8 Å². The SMILES string of the molecule is C=CCN(CC)c1ccc(CN(C(C)=O)C(C(=O)OCC)C(=O)OCC)cc1. The average molecular weight is 390 g/mol. The molecule has 0 aliphatic carbocycles. The minimum absolute atomic E-state index is 0.0888. The zero-order valence-corrected chi connectivity index (χ0v) is 17.1. The largest absolute Gasteiger partial charge is 0.464 e. The standard InChI is InChI=1S/C21H30N2O5/c1-6-14-22(7-2)18-12-10-17(11-13-18)15-23(16(5)24)19(20(25)27-8-3)21(26)28-9-4/h6,10-13,19H,1,7-9,14-15H2,2-5H3. The molecule has 1 aromatic carbocycles. The first-order valence-corrected chi connectivity index (χ1v) is 9.44. The molecule has 0 aliphatic heterocycles. The van der Waals surface area contributed by atoms with Gasteiger partial charge in [-0.05, 0) is 38.5 Å². The van der Waals surface area contributed by atoms with E-state index in [0.29, 0.717) is 0 Å². The highest BCUT2D eigenvalue weighted by Crippen LogP contribution is 2.18. The van der Waals surface area contributed by atoms with Crippen LogP contribution >= 0.6 is 0 Å². The number of hydrogen-bond acceptors (Lipinski definition) is 6. The maximum Gasteiger partial charge on any atom is 0.340 e. The number of carbonyl (C=O) groups excluding carboxylic acids is 3. The average Bonchev–Trinajstić information content (AvgIpc) is 2.66. The maximum absolute atomic E-state index is 12.3. The normalized spacial score (nSPS) is 10.3. The van der Waals surface area contributed by atoms with E-state index in [1.165, 1.54) is 11.8 Å². The molecule has 0 aliphatic rings. The number of nitrogens with zero attached hydrogens (tertiary/aromatic N) is 2. The minimum Gasteiger partial charge on any atom is -0.464 e. The van der Waals surface area contributed by atoms with Crippen molar-refractivity contribution in [2.24, 2.45) is 0 Å². The number of amides is 1. The van der Waals surface area contributed by atoms with E-state index in [1.54, 1.807) is 13.8 Å². The molecule has 0 atom stereocenters. The Morgan fingerprint density at radius 3 is 1.96 bits per heavy atom. The van der Waals surface area contributed by atoms with E-state index < -0.39 is 23.9 Å². The van der Waals surface area contributed by atoms with E-state index >= 15 is 0 Å². The van der Waals surface area contributed by atoms with Gasteiger partial charge in [0.15, 0.2) is 0 Å². The zero-order valence-electron chi connectivity index (χ0n) is 17.1. The van der Waals surface area contributed by atoms with E-state index in [9.17, 15) is 14.4 Å². The van der Waals surface area contributed by atoms with E-state index in [2.05, 4.69) is 18.4 Å². The Morgan fingerprint density at radius 2 is 1.57 bits per heavy atom. The molecule has 0 saturated carbocycles. The van der Waals surface area contributed by atoms with Crippen molar-refractivity contribution in [3.8, 4) is 0 Å². The molecule has 0 unspecified atom stereocenters. The maximum atomic E-state index is 12.3. The van der Waals surface area contributed by atoms with Crippen LogP contribution in [-0.4, -0.2) is 55.1 Å². The van der Waals surface area contributed by atoms with Crippen molar-refractivity contribution in [2.45, 2.75) is 40.3 Å². The minimum atomic E-state index is -1.43. The number of anilines is 1. The highest BCUT2D eigenvalue weighted by atomic mass is 16.6. The Labute approximate surface area is 166 Å². The van der Waals surface area contributed by atoms with Gasteiger partial charge in [-0.1, -0.05) is 18.2 Å². The second-order valence-electron chi connectivity index (χ2n) is 6.05. The summed E-state index contributed by atoms with van der Waals surface area (Å²) in [7, 11) is 0. The van der Waals surface area contributed by atoms with E-state index in [0.717, 1.165) is 24.3 Å². The van der Waals surface area contributed by atoms with Gasteiger partial charge in [0, 0.05) is 32.2 Å². The van der Waals surface area contributed by atoms with E-state index in [4.69, 9.17) is 9.47 Å². The Hall–Kier alpha value is -2.83. The first kappa shape index (κ1) is 23.2. The van der Waals surface area contributed by atoms with Crippen LogP contribution in [0.1, 0.15) is 33.3 Å². The lowest BCUT2D eigenvalue weighted by Crippen LogP contribution is -2.50. The molecule has 0 radical (unpaired) electrons. The first-order chi connectivity index (χ1) is 13.4. The molecule has 0 spiro atoms. The highest BCUT2D eigenvalue weighted by molar-refractivity contribution is 6.02. The monoisotopic (exact) mass is 390 g/mol. The lowest BCUT2D eigenvalue weighted by molar-refractivity contribution is -0.167. The summed E-state index contributed by atoms with van der Waals surface area (Å²) in [5.74, 6) is -2.01. The van der Waals surface area contributed by atoms with Gasteiger partial charge in [-0.3, -0.25) is 4.79 Å². The van der Waals surface area contributed by atoms with Crippen LogP contribution in [0.5, 0.6) is 0 Å². The predicted molar refractivity (Wildman–Crippen MR) is 108 cm³/mol. The number of ether oxygens (including phenoxy) is 2. The number of benzene rings is 1. The van der Waals surface area contributed by atoms with Gasteiger partial charge in [-0.25, -0.2) is 9.59 Å². The Kier molecular flexibility index (Phi) is 9.78. The highest BCUT2D eigenvalue weighted by Gasteiger charge is 2.37. The topological polar surface area (TPSA) is 76.2 Å². The van der Waals surface area contributed by atoms with Gasteiger partial charge in [0.2, 0.25) is 11.9 Å². The van der Waals surface area contributed by atoms with Crippen LogP contribution in [0.2, 0.25) is 0 Å². The summed E-state index contributed by atoms with van der Waals surface area (Å²) in [5, 5.41) is 0. The van der Waals surface area contributed by atoms with Crippen LogP contribution in [0.15, 0.2) is 36.9 Å². The second-order valence-corrected chi connectivity index (χ2v) is 6.05. The predicted octanol–water partition coefficient (Wildman–Crippen LogP) is 2.54. The molecule has 0 heterocycles. The van der Waals surface area contributed by atoms with Gasteiger partial charge in [-0.15, -0.1) is 6.58 Å². The Balaban J connectivity index is 3.09. The molecule has 154 valence electrons. The summed E-state index contributed by atoms with van der Waals surface area (Å²) in [6.45, 7) is 12.2. The number of rotatable bonds is 11. The van der Waals surface area contributed by atoms with Crippen molar-refractivity contribution in [3.05, 3.63) is 42.5 Å². The fourth-order valence-electron chi connectivity index (χ4n) is 2.76. The van der Waals surface area contributed by atoms with Gasteiger partial charge in [0.1, 0.15) is 0 Å². The quantitative estimate of drug-likeness (QED) is 0.328.